The SMILES string of the molecule is COc1ccc(NC(=S)N2CCN(Cc3ccc(F)cc3Cl)CC2)cc1OC. The van der Waals surface area contributed by atoms with Crippen LogP contribution in [0.15, 0.2) is 36.4 Å². The lowest BCUT2D eigenvalue weighted by Crippen LogP contribution is -2.49. The van der Waals surface area contributed by atoms with E-state index in [4.69, 9.17) is 33.3 Å². The van der Waals surface area contributed by atoms with Gasteiger partial charge in [0.1, 0.15) is 5.82 Å². The largest absolute Gasteiger partial charge is 0.493 e. The van der Waals surface area contributed by atoms with E-state index in [2.05, 4.69) is 15.1 Å². The molecule has 0 radical (unpaired) electrons. The molecule has 0 aliphatic carbocycles. The molecule has 1 aliphatic heterocycles. The second-order valence-corrected chi connectivity index (χ2v) is 7.29. The van der Waals surface area contributed by atoms with Crippen LogP contribution in [0.4, 0.5) is 10.1 Å². The van der Waals surface area contributed by atoms with E-state index in [1.807, 2.05) is 18.2 Å². The van der Waals surface area contributed by atoms with Crippen molar-refractivity contribution in [1.82, 2.24) is 9.80 Å². The van der Waals surface area contributed by atoms with Gasteiger partial charge in [-0.25, -0.2) is 4.39 Å². The molecule has 2 aromatic rings. The van der Waals surface area contributed by atoms with Crippen molar-refractivity contribution in [2.24, 2.45) is 0 Å². The molecule has 1 N–H and O–H groups in total. The quantitative estimate of drug-likeness (QED) is 0.732. The zero-order valence-electron chi connectivity index (χ0n) is 15.9. The fraction of sp³-hybridized carbons (Fsp3) is 0.350. The number of halogens is 2. The lowest BCUT2D eigenvalue weighted by molar-refractivity contribution is 0.177. The molecular weight excluding hydrogens is 401 g/mol. The van der Waals surface area contributed by atoms with Gasteiger partial charge in [-0.15, -0.1) is 0 Å². The topological polar surface area (TPSA) is 37.0 Å². The van der Waals surface area contributed by atoms with Crippen LogP contribution in [0.25, 0.3) is 0 Å². The molecule has 1 fully saturated rings. The van der Waals surface area contributed by atoms with Gasteiger partial charge in [0.15, 0.2) is 16.6 Å². The molecule has 150 valence electrons. The van der Waals surface area contributed by atoms with Gasteiger partial charge in [0, 0.05) is 49.5 Å². The van der Waals surface area contributed by atoms with Crippen LogP contribution in [0.2, 0.25) is 5.02 Å². The molecule has 0 spiro atoms. The first-order valence-corrected chi connectivity index (χ1v) is 9.73. The zero-order valence-corrected chi connectivity index (χ0v) is 17.4. The van der Waals surface area contributed by atoms with Gasteiger partial charge in [0.25, 0.3) is 0 Å². The Morgan fingerprint density at radius 3 is 2.43 bits per heavy atom. The minimum Gasteiger partial charge on any atom is -0.493 e. The predicted molar refractivity (Wildman–Crippen MR) is 114 cm³/mol. The number of rotatable bonds is 5. The molecule has 3 rings (SSSR count). The summed E-state index contributed by atoms with van der Waals surface area (Å²) in [5.74, 6) is 1.01. The number of nitrogens with zero attached hydrogens (tertiary/aromatic N) is 2. The van der Waals surface area contributed by atoms with Gasteiger partial charge in [-0.1, -0.05) is 17.7 Å². The lowest BCUT2D eigenvalue weighted by Gasteiger charge is -2.36. The molecule has 1 heterocycles. The van der Waals surface area contributed by atoms with Crippen LogP contribution >= 0.6 is 23.8 Å². The maximum absolute atomic E-state index is 13.2. The number of piperazine rings is 1. The van der Waals surface area contributed by atoms with E-state index < -0.39 is 0 Å². The highest BCUT2D eigenvalue weighted by Crippen LogP contribution is 2.30. The number of hydrogen-bond donors (Lipinski definition) is 1. The number of benzene rings is 2. The fourth-order valence-electron chi connectivity index (χ4n) is 3.12. The van der Waals surface area contributed by atoms with Gasteiger partial charge in [0.2, 0.25) is 0 Å². The highest BCUT2D eigenvalue weighted by molar-refractivity contribution is 7.80. The summed E-state index contributed by atoms with van der Waals surface area (Å²) in [7, 11) is 3.21. The van der Waals surface area contributed by atoms with Crippen molar-refractivity contribution in [2.45, 2.75) is 6.54 Å². The number of nitrogens with one attached hydrogen (secondary N) is 1. The third kappa shape index (κ3) is 5.04. The van der Waals surface area contributed by atoms with Crippen LogP contribution < -0.4 is 14.8 Å². The Hall–Kier alpha value is -2.09. The molecule has 8 heteroatoms. The van der Waals surface area contributed by atoms with Crippen molar-refractivity contribution in [3.63, 3.8) is 0 Å². The van der Waals surface area contributed by atoms with Crippen molar-refractivity contribution in [3.05, 3.63) is 52.8 Å². The summed E-state index contributed by atoms with van der Waals surface area (Å²) in [6, 6.07) is 10.1. The summed E-state index contributed by atoms with van der Waals surface area (Å²) in [6.07, 6.45) is 0. The zero-order chi connectivity index (χ0) is 20.1. The van der Waals surface area contributed by atoms with Crippen LogP contribution in [0.3, 0.4) is 0 Å². The molecule has 0 bridgehead atoms. The molecule has 0 atom stereocenters. The molecule has 1 aliphatic rings. The average molecular weight is 424 g/mol. The van der Waals surface area contributed by atoms with Crippen molar-refractivity contribution in [2.75, 3.05) is 45.7 Å². The standard InChI is InChI=1S/C20H23ClFN3O2S/c1-26-18-6-5-16(12-19(18)27-2)23-20(28)25-9-7-24(8-10-25)13-14-3-4-15(22)11-17(14)21/h3-6,11-12H,7-10,13H2,1-2H3,(H,23,28). The maximum atomic E-state index is 13.2. The van der Waals surface area contributed by atoms with Gasteiger partial charge < -0.3 is 19.7 Å². The number of thiocarbonyl (C=S) groups is 1. The summed E-state index contributed by atoms with van der Waals surface area (Å²) < 4.78 is 23.8. The molecule has 1 saturated heterocycles. The van der Waals surface area contributed by atoms with Crippen molar-refractivity contribution in [1.29, 1.82) is 0 Å². The van der Waals surface area contributed by atoms with E-state index in [1.54, 1.807) is 20.3 Å². The smallest absolute Gasteiger partial charge is 0.173 e. The Balaban J connectivity index is 1.53. The van der Waals surface area contributed by atoms with E-state index in [0.29, 0.717) is 28.2 Å². The third-order valence-electron chi connectivity index (χ3n) is 4.70. The number of anilines is 1. The monoisotopic (exact) mass is 423 g/mol. The van der Waals surface area contributed by atoms with Crippen LogP contribution in [0, 0.1) is 5.82 Å². The van der Waals surface area contributed by atoms with Crippen LogP contribution in [0.5, 0.6) is 11.5 Å². The van der Waals surface area contributed by atoms with Crippen molar-refractivity contribution < 1.29 is 13.9 Å². The Labute approximate surface area is 175 Å². The first-order valence-electron chi connectivity index (χ1n) is 8.94. The Kier molecular flexibility index (Phi) is 6.93. The van der Waals surface area contributed by atoms with Gasteiger partial charge in [-0.05, 0) is 42.0 Å². The summed E-state index contributed by atoms with van der Waals surface area (Å²) in [6.45, 7) is 4.00. The van der Waals surface area contributed by atoms with Crippen LogP contribution in [-0.2, 0) is 6.54 Å². The Morgan fingerprint density at radius 2 is 1.79 bits per heavy atom. The second kappa shape index (κ2) is 9.41. The molecular formula is C20H23ClFN3O2S. The van der Waals surface area contributed by atoms with Gasteiger partial charge >= 0.3 is 0 Å². The minimum absolute atomic E-state index is 0.315. The Morgan fingerprint density at radius 1 is 1.07 bits per heavy atom. The predicted octanol–water partition coefficient (Wildman–Crippen LogP) is 4.01. The number of methoxy groups -OCH3 is 2. The first kappa shape index (κ1) is 20.6. The van der Waals surface area contributed by atoms with Crippen LogP contribution in [-0.4, -0.2) is 55.3 Å². The molecule has 28 heavy (non-hydrogen) atoms. The molecule has 2 aromatic carbocycles. The van der Waals surface area contributed by atoms with Crippen molar-refractivity contribution >= 4 is 34.6 Å². The summed E-state index contributed by atoms with van der Waals surface area (Å²) >= 11 is 11.7. The molecule has 0 saturated carbocycles. The summed E-state index contributed by atoms with van der Waals surface area (Å²) in [4.78, 5) is 4.42. The molecule has 5 nitrogen and oxygen atoms in total. The second-order valence-electron chi connectivity index (χ2n) is 6.50. The van der Waals surface area contributed by atoms with E-state index in [9.17, 15) is 4.39 Å². The Bertz CT molecular complexity index is 844. The molecule has 0 aromatic heterocycles. The highest BCUT2D eigenvalue weighted by atomic mass is 35.5. The van der Waals surface area contributed by atoms with E-state index in [0.717, 1.165) is 37.4 Å². The normalized spacial score (nSPS) is 14.6. The molecule has 0 amide bonds. The van der Waals surface area contributed by atoms with Gasteiger partial charge in [-0.2, -0.15) is 0 Å². The number of hydrogen-bond acceptors (Lipinski definition) is 4. The maximum Gasteiger partial charge on any atom is 0.173 e. The van der Waals surface area contributed by atoms with E-state index in [-0.39, 0.29) is 5.82 Å². The van der Waals surface area contributed by atoms with E-state index >= 15 is 0 Å². The van der Waals surface area contributed by atoms with Crippen LogP contribution in [0.1, 0.15) is 5.56 Å². The van der Waals surface area contributed by atoms with Gasteiger partial charge in [0.05, 0.1) is 14.2 Å². The molecule has 0 unspecified atom stereocenters. The minimum atomic E-state index is -0.315. The third-order valence-corrected chi connectivity index (χ3v) is 5.42. The van der Waals surface area contributed by atoms with E-state index in [1.165, 1.54) is 12.1 Å². The average Bonchev–Trinajstić information content (AvgIpc) is 2.70. The summed E-state index contributed by atoms with van der Waals surface area (Å²) in [5.41, 5.74) is 1.78. The fourth-order valence-corrected chi connectivity index (χ4v) is 3.64. The van der Waals surface area contributed by atoms with Gasteiger partial charge in [-0.3, -0.25) is 4.90 Å². The summed E-state index contributed by atoms with van der Waals surface area (Å²) in [5, 5.41) is 4.40. The van der Waals surface area contributed by atoms with Crippen molar-refractivity contribution in [3.8, 4) is 11.5 Å². The first-order chi connectivity index (χ1) is 13.5. The lowest BCUT2D eigenvalue weighted by atomic mass is 10.2. The highest BCUT2D eigenvalue weighted by Gasteiger charge is 2.20. The number of ether oxygens (including phenoxy) is 2.